The van der Waals surface area contributed by atoms with Crippen LogP contribution in [-0.4, -0.2) is 65.4 Å². The molecule has 2 heterocycles. The van der Waals surface area contributed by atoms with Crippen molar-refractivity contribution in [3.05, 3.63) is 0 Å². The Labute approximate surface area is 165 Å². The van der Waals surface area contributed by atoms with E-state index >= 15 is 0 Å². The van der Waals surface area contributed by atoms with Gasteiger partial charge in [-0.05, 0) is 45.4 Å². The lowest BCUT2D eigenvalue weighted by atomic mass is 9.75. The number of hydrogen-bond donors (Lipinski definition) is 1. The molecule has 0 unspecified atom stereocenters. The summed E-state index contributed by atoms with van der Waals surface area (Å²) in [6.07, 6.45) is 6.24. The Morgan fingerprint density at radius 1 is 1.11 bits per heavy atom. The fourth-order valence-corrected chi connectivity index (χ4v) is 4.68. The summed E-state index contributed by atoms with van der Waals surface area (Å²) < 4.78 is 5.05. The lowest BCUT2D eigenvalue weighted by Gasteiger charge is -2.34. The van der Waals surface area contributed by atoms with Gasteiger partial charge in [-0.15, -0.1) is 0 Å². The minimum atomic E-state index is -0.908. The van der Waals surface area contributed by atoms with Crippen LogP contribution < -0.4 is 5.32 Å². The maximum atomic E-state index is 13.0. The molecular formula is C20H31N3O5. The number of ether oxygens (including phenoxy) is 1. The van der Waals surface area contributed by atoms with E-state index in [-0.39, 0.29) is 36.2 Å². The van der Waals surface area contributed by atoms with Crippen LogP contribution in [-0.2, 0) is 19.1 Å². The van der Waals surface area contributed by atoms with Crippen LogP contribution in [0.3, 0.4) is 0 Å². The van der Waals surface area contributed by atoms with Gasteiger partial charge in [0.2, 0.25) is 5.91 Å². The second-order valence-electron chi connectivity index (χ2n) is 8.27. The molecule has 1 saturated carbocycles. The largest absolute Gasteiger partial charge is 0.466 e. The van der Waals surface area contributed by atoms with Gasteiger partial charge in [0, 0.05) is 13.1 Å². The Morgan fingerprint density at radius 3 is 2.36 bits per heavy atom. The van der Waals surface area contributed by atoms with Gasteiger partial charge in [-0.25, -0.2) is 4.79 Å². The highest BCUT2D eigenvalue weighted by atomic mass is 16.5. The molecule has 1 atom stereocenters. The summed E-state index contributed by atoms with van der Waals surface area (Å²) in [5, 5.41) is 2.85. The first-order valence-corrected chi connectivity index (χ1v) is 10.4. The predicted octanol–water partition coefficient (Wildman–Crippen LogP) is 1.68. The van der Waals surface area contributed by atoms with Crippen LogP contribution in [0.2, 0.25) is 0 Å². The summed E-state index contributed by atoms with van der Waals surface area (Å²) >= 11 is 0. The highest BCUT2D eigenvalue weighted by Gasteiger charge is 2.52. The average Bonchev–Trinajstić information content (AvgIpc) is 2.93. The second-order valence-corrected chi connectivity index (χ2v) is 8.27. The SMILES string of the molecule is CCOC(=O)C1CCN(C(=O)CN2C(=O)N[C@@](C)(C3CCCCC3)C2=O)CC1. The van der Waals surface area contributed by atoms with Crippen molar-refractivity contribution in [2.75, 3.05) is 26.2 Å². The molecule has 0 bridgehead atoms. The number of amides is 4. The minimum absolute atomic E-state index is 0.123. The molecule has 0 aromatic carbocycles. The first-order chi connectivity index (χ1) is 13.4. The van der Waals surface area contributed by atoms with Crippen LogP contribution in [0.25, 0.3) is 0 Å². The van der Waals surface area contributed by atoms with E-state index in [1.807, 2.05) is 0 Å². The number of imide groups is 1. The number of esters is 1. The summed E-state index contributed by atoms with van der Waals surface area (Å²) in [6.45, 7) is 4.55. The Kier molecular flexibility index (Phi) is 6.25. The molecule has 3 aliphatic rings. The predicted molar refractivity (Wildman–Crippen MR) is 101 cm³/mol. The summed E-state index contributed by atoms with van der Waals surface area (Å²) in [6, 6.07) is -0.479. The van der Waals surface area contributed by atoms with E-state index in [4.69, 9.17) is 4.74 Å². The molecule has 156 valence electrons. The van der Waals surface area contributed by atoms with Gasteiger partial charge >= 0.3 is 12.0 Å². The second kappa shape index (κ2) is 8.49. The Balaban J connectivity index is 1.56. The van der Waals surface area contributed by atoms with Gasteiger partial charge in [-0.2, -0.15) is 0 Å². The fourth-order valence-electron chi connectivity index (χ4n) is 4.68. The van der Waals surface area contributed by atoms with Gasteiger partial charge in [-0.3, -0.25) is 19.3 Å². The first kappa shape index (κ1) is 20.6. The monoisotopic (exact) mass is 393 g/mol. The molecule has 2 aliphatic heterocycles. The van der Waals surface area contributed by atoms with Crippen LogP contribution in [0.4, 0.5) is 4.79 Å². The van der Waals surface area contributed by atoms with Crippen LogP contribution >= 0.6 is 0 Å². The van der Waals surface area contributed by atoms with Crippen molar-refractivity contribution < 1.29 is 23.9 Å². The number of rotatable bonds is 5. The van der Waals surface area contributed by atoms with Gasteiger partial charge in [0.25, 0.3) is 5.91 Å². The molecule has 0 aromatic heterocycles. The van der Waals surface area contributed by atoms with Crippen molar-refractivity contribution in [3.8, 4) is 0 Å². The van der Waals surface area contributed by atoms with Gasteiger partial charge in [0.1, 0.15) is 12.1 Å². The zero-order chi connectivity index (χ0) is 20.3. The standard InChI is InChI=1S/C20H31N3O5/c1-3-28-17(25)14-9-11-22(12-10-14)16(24)13-23-18(26)20(2,21-19(23)27)15-7-5-4-6-8-15/h14-15H,3-13H2,1-2H3,(H,21,27)/t20-/m0/s1. The molecular weight excluding hydrogens is 362 g/mol. The van der Waals surface area contributed by atoms with Crippen LogP contribution in [0.5, 0.6) is 0 Å². The first-order valence-electron chi connectivity index (χ1n) is 10.4. The van der Waals surface area contributed by atoms with Crippen molar-refractivity contribution in [2.24, 2.45) is 11.8 Å². The number of urea groups is 1. The zero-order valence-corrected chi connectivity index (χ0v) is 16.9. The number of nitrogens with one attached hydrogen (secondary N) is 1. The van der Waals surface area contributed by atoms with Gasteiger partial charge in [-0.1, -0.05) is 19.3 Å². The molecule has 3 fully saturated rings. The molecule has 8 nitrogen and oxygen atoms in total. The molecule has 0 radical (unpaired) electrons. The van der Waals surface area contributed by atoms with E-state index in [1.54, 1.807) is 18.7 Å². The van der Waals surface area contributed by atoms with Crippen molar-refractivity contribution in [1.29, 1.82) is 0 Å². The molecule has 8 heteroatoms. The fraction of sp³-hybridized carbons (Fsp3) is 0.800. The maximum Gasteiger partial charge on any atom is 0.325 e. The van der Waals surface area contributed by atoms with E-state index < -0.39 is 11.6 Å². The van der Waals surface area contributed by atoms with Crippen molar-refractivity contribution in [2.45, 2.75) is 64.3 Å². The minimum Gasteiger partial charge on any atom is -0.466 e. The number of piperidine rings is 1. The molecule has 4 amide bonds. The topological polar surface area (TPSA) is 96.0 Å². The molecule has 1 aliphatic carbocycles. The quantitative estimate of drug-likeness (QED) is 0.566. The zero-order valence-electron chi connectivity index (χ0n) is 16.9. The van der Waals surface area contributed by atoms with Crippen molar-refractivity contribution in [3.63, 3.8) is 0 Å². The average molecular weight is 393 g/mol. The third-order valence-corrected chi connectivity index (χ3v) is 6.48. The third-order valence-electron chi connectivity index (χ3n) is 6.48. The number of likely N-dealkylation sites (tertiary alicyclic amines) is 1. The Bertz CT molecular complexity index is 638. The van der Waals surface area contributed by atoms with Crippen molar-refractivity contribution in [1.82, 2.24) is 15.1 Å². The number of hydrogen-bond acceptors (Lipinski definition) is 5. The van der Waals surface area contributed by atoms with Gasteiger partial charge in [0.05, 0.1) is 12.5 Å². The summed E-state index contributed by atoms with van der Waals surface area (Å²) in [5.41, 5.74) is -0.908. The van der Waals surface area contributed by atoms with Crippen LogP contribution in [0.1, 0.15) is 58.8 Å². The van der Waals surface area contributed by atoms with E-state index in [9.17, 15) is 19.2 Å². The van der Waals surface area contributed by atoms with E-state index in [2.05, 4.69) is 5.32 Å². The van der Waals surface area contributed by atoms with Gasteiger partial charge in [0.15, 0.2) is 0 Å². The summed E-state index contributed by atoms with van der Waals surface area (Å²) in [4.78, 5) is 52.6. The summed E-state index contributed by atoms with van der Waals surface area (Å²) in [7, 11) is 0. The summed E-state index contributed by atoms with van der Waals surface area (Å²) in [5.74, 6) is -0.821. The normalized spacial score (nSPS) is 27.1. The molecule has 1 N–H and O–H groups in total. The highest BCUT2D eigenvalue weighted by Crippen LogP contribution is 2.36. The molecule has 28 heavy (non-hydrogen) atoms. The third kappa shape index (κ3) is 4.00. The van der Waals surface area contributed by atoms with Crippen LogP contribution in [0.15, 0.2) is 0 Å². The number of nitrogens with zero attached hydrogens (tertiary/aromatic N) is 2. The molecule has 3 rings (SSSR count). The highest BCUT2D eigenvalue weighted by molar-refractivity contribution is 6.09. The van der Waals surface area contributed by atoms with Crippen molar-refractivity contribution >= 4 is 23.8 Å². The Morgan fingerprint density at radius 2 is 1.75 bits per heavy atom. The molecule has 0 aromatic rings. The maximum absolute atomic E-state index is 13.0. The van der Waals surface area contributed by atoms with E-state index in [0.717, 1.165) is 30.6 Å². The van der Waals surface area contributed by atoms with E-state index in [1.165, 1.54) is 6.42 Å². The lowest BCUT2D eigenvalue weighted by Crippen LogP contribution is -2.52. The smallest absolute Gasteiger partial charge is 0.325 e. The van der Waals surface area contributed by atoms with Gasteiger partial charge < -0.3 is 15.0 Å². The van der Waals surface area contributed by atoms with E-state index in [0.29, 0.717) is 32.5 Å². The number of carbonyl (C=O) groups excluding carboxylic acids is 4. The number of carbonyl (C=O) groups is 4. The Hall–Kier alpha value is -2.12. The molecule has 2 saturated heterocycles. The lowest BCUT2D eigenvalue weighted by molar-refractivity contribution is -0.151. The van der Waals surface area contributed by atoms with Crippen LogP contribution in [0, 0.1) is 11.8 Å². The molecule has 0 spiro atoms.